The van der Waals surface area contributed by atoms with E-state index in [2.05, 4.69) is 9.62 Å². The highest BCUT2D eigenvalue weighted by Crippen LogP contribution is 2.16. The topological polar surface area (TPSA) is 69.5 Å². The molecule has 2 heterocycles. The minimum Gasteiger partial charge on any atom is -0.339 e. The summed E-state index contributed by atoms with van der Waals surface area (Å²) < 4.78 is 27.3. The lowest BCUT2D eigenvalue weighted by Gasteiger charge is -2.26. The molecule has 6 nitrogen and oxygen atoms in total. The number of sulfonamides is 1. The molecule has 0 radical (unpaired) electrons. The molecule has 2 saturated heterocycles. The molecule has 3 rings (SSSR count). The van der Waals surface area contributed by atoms with Gasteiger partial charge < -0.3 is 4.90 Å². The minimum atomic E-state index is -3.56. The van der Waals surface area contributed by atoms with E-state index >= 15 is 0 Å². The molecule has 2 aliphatic rings. The van der Waals surface area contributed by atoms with Crippen LogP contribution in [0.5, 0.6) is 0 Å². The summed E-state index contributed by atoms with van der Waals surface area (Å²) in [5, 5.41) is 0. The highest BCUT2D eigenvalue weighted by atomic mass is 32.2. The average molecular weight is 337 g/mol. The van der Waals surface area contributed by atoms with Gasteiger partial charge in [0.05, 0.1) is 4.90 Å². The van der Waals surface area contributed by atoms with Crippen LogP contribution in [0.25, 0.3) is 0 Å². The van der Waals surface area contributed by atoms with E-state index in [0.29, 0.717) is 12.1 Å². The lowest BCUT2D eigenvalue weighted by atomic mass is 10.1. The molecule has 1 aromatic carbocycles. The summed E-state index contributed by atoms with van der Waals surface area (Å²) in [5.41, 5.74) is 0.445. The van der Waals surface area contributed by atoms with Crippen LogP contribution in [-0.2, 0) is 10.0 Å². The number of nitrogens with one attached hydrogen (secondary N) is 1. The first-order valence-electron chi connectivity index (χ1n) is 8.18. The molecule has 126 valence electrons. The number of rotatable bonds is 6. The summed E-state index contributed by atoms with van der Waals surface area (Å²) in [6.45, 7) is 4.72. The van der Waals surface area contributed by atoms with E-state index in [9.17, 15) is 13.2 Å². The zero-order chi connectivity index (χ0) is 16.3. The smallest absolute Gasteiger partial charge is 0.253 e. The van der Waals surface area contributed by atoms with Crippen molar-refractivity contribution in [1.82, 2.24) is 14.5 Å². The Balaban J connectivity index is 1.68. The van der Waals surface area contributed by atoms with Crippen molar-refractivity contribution in [2.75, 3.05) is 39.3 Å². The maximum absolute atomic E-state index is 12.5. The van der Waals surface area contributed by atoms with Crippen LogP contribution < -0.4 is 4.72 Å². The number of benzene rings is 1. The Morgan fingerprint density at radius 2 is 1.83 bits per heavy atom. The zero-order valence-electron chi connectivity index (χ0n) is 13.2. The number of carbonyl (C=O) groups excluding carboxylic acids is 1. The minimum absolute atomic E-state index is 0.0779. The van der Waals surface area contributed by atoms with Gasteiger partial charge in [-0.15, -0.1) is 0 Å². The maximum atomic E-state index is 12.5. The Morgan fingerprint density at radius 1 is 1.09 bits per heavy atom. The molecule has 0 bridgehead atoms. The fourth-order valence-corrected chi connectivity index (χ4v) is 3.86. The molecule has 0 atom stereocenters. The Kier molecular flexibility index (Phi) is 4.99. The van der Waals surface area contributed by atoms with Crippen LogP contribution in [0.3, 0.4) is 0 Å². The third kappa shape index (κ3) is 4.31. The van der Waals surface area contributed by atoms with Gasteiger partial charge in [-0.2, -0.15) is 0 Å². The predicted octanol–water partition coefficient (Wildman–Crippen LogP) is 0.907. The average Bonchev–Trinajstić information content (AvgIpc) is 3.39. The monoisotopic (exact) mass is 337 g/mol. The number of amides is 1. The van der Waals surface area contributed by atoms with Crippen molar-refractivity contribution in [3.63, 3.8) is 0 Å². The van der Waals surface area contributed by atoms with E-state index in [0.717, 1.165) is 52.0 Å². The van der Waals surface area contributed by atoms with E-state index in [1.54, 1.807) is 12.1 Å². The summed E-state index contributed by atoms with van der Waals surface area (Å²) in [6.07, 6.45) is 3.18. The van der Waals surface area contributed by atoms with Crippen molar-refractivity contribution in [2.45, 2.75) is 24.2 Å². The molecule has 1 aromatic rings. The van der Waals surface area contributed by atoms with Gasteiger partial charge in [-0.1, -0.05) is 6.07 Å². The van der Waals surface area contributed by atoms with Crippen LogP contribution >= 0.6 is 0 Å². The van der Waals surface area contributed by atoms with Crippen molar-refractivity contribution in [1.29, 1.82) is 0 Å². The number of nitrogens with zero attached hydrogens (tertiary/aromatic N) is 2. The molecule has 2 aliphatic heterocycles. The van der Waals surface area contributed by atoms with Crippen LogP contribution in [0.15, 0.2) is 29.2 Å². The van der Waals surface area contributed by atoms with Crippen molar-refractivity contribution in [3.05, 3.63) is 29.8 Å². The second-order valence-corrected chi connectivity index (χ2v) is 7.89. The normalized spacial score (nSPS) is 18.9. The van der Waals surface area contributed by atoms with Gasteiger partial charge in [-0.25, -0.2) is 13.1 Å². The molecule has 0 unspecified atom stereocenters. The molecular formula is C16H23N3O3S. The third-order valence-corrected chi connectivity index (χ3v) is 5.75. The summed E-state index contributed by atoms with van der Waals surface area (Å²) in [5.74, 6) is -0.0779. The van der Waals surface area contributed by atoms with Gasteiger partial charge in [0.15, 0.2) is 0 Å². The van der Waals surface area contributed by atoms with Gasteiger partial charge in [0.2, 0.25) is 10.0 Å². The fraction of sp³-hybridized carbons (Fsp3) is 0.562. The van der Waals surface area contributed by atoms with E-state index in [1.807, 2.05) is 4.90 Å². The van der Waals surface area contributed by atoms with Gasteiger partial charge in [0.25, 0.3) is 5.91 Å². The highest BCUT2D eigenvalue weighted by molar-refractivity contribution is 7.89. The lowest BCUT2D eigenvalue weighted by Crippen LogP contribution is -2.35. The van der Waals surface area contributed by atoms with Gasteiger partial charge in [-0.05, 0) is 37.5 Å². The zero-order valence-corrected chi connectivity index (χ0v) is 14.0. The van der Waals surface area contributed by atoms with Crippen LogP contribution in [0.2, 0.25) is 0 Å². The fourth-order valence-electron chi connectivity index (χ4n) is 2.79. The molecule has 1 amide bonds. The Labute approximate surface area is 137 Å². The summed E-state index contributed by atoms with van der Waals surface area (Å²) >= 11 is 0. The second-order valence-electron chi connectivity index (χ2n) is 6.12. The number of piperidine rings is 1. The number of carbonyl (C=O) groups is 1. The first-order valence-corrected chi connectivity index (χ1v) is 9.66. The van der Waals surface area contributed by atoms with Crippen molar-refractivity contribution < 1.29 is 13.2 Å². The summed E-state index contributed by atoms with van der Waals surface area (Å²) in [7, 11) is -3.56. The lowest BCUT2D eigenvalue weighted by molar-refractivity contribution is 0.0724. The third-order valence-electron chi connectivity index (χ3n) is 4.29. The standard InChI is InChI=1S/C16H23N3O3S/c20-16(19-8-2-1-3-9-19)14-5-4-6-15(13-14)23(21,22)17-7-10-18-11-12-18/h4-6,13,17H,1-3,7-12H2. The Bertz CT molecular complexity index is 665. The molecule has 7 heteroatoms. The van der Waals surface area contributed by atoms with Crippen molar-refractivity contribution >= 4 is 15.9 Å². The van der Waals surface area contributed by atoms with Crippen LogP contribution in [0.4, 0.5) is 0 Å². The van der Waals surface area contributed by atoms with Gasteiger partial charge >= 0.3 is 0 Å². The molecule has 0 aromatic heterocycles. The van der Waals surface area contributed by atoms with Crippen LogP contribution in [0, 0.1) is 0 Å². The summed E-state index contributed by atoms with van der Waals surface area (Å²) in [6, 6.07) is 6.34. The van der Waals surface area contributed by atoms with E-state index in [1.165, 1.54) is 12.1 Å². The van der Waals surface area contributed by atoms with Gasteiger partial charge in [-0.3, -0.25) is 9.69 Å². The number of likely N-dealkylation sites (tertiary alicyclic amines) is 1. The van der Waals surface area contributed by atoms with Crippen molar-refractivity contribution in [2.24, 2.45) is 0 Å². The van der Waals surface area contributed by atoms with E-state index in [4.69, 9.17) is 0 Å². The Morgan fingerprint density at radius 3 is 2.52 bits per heavy atom. The molecule has 0 saturated carbocycles. The molecule has 0 aliphatic carbocycles. The van der Waals surface area contributed by atoms with Gasteiger partial charge in [0, 0.05) is 44.8 Å². The largest absolute Gasteiger partial charge is 0.339 e. The SMILES string of the molecule is O=C(c1cccc(S(=O)(=O)NCCN2CC2)c1)N1CCCCC1. The Hall–Kier alpha value is -1.44. The first-order chi connectivity index (χ1) is 11.1. The van der Waals surface area contributed by atoms with Crippen molar-refractivity contribution in [3.8, 4) is 0 Å². The van der Waals surface area contributed by atoms with Crippen LogP contribution in [0.1, 0.15) is 29.6 Å². The van der Waals surface area contributed by atoms with E-state index in [-0.39, 0.29) is 10.8 Å². The van der Waals surface area contributed by atoms with Crippen LogP contribution in [-0.4, -0.2) is 63.4 Å². The number of hydrogen-bond acceptors (Lipinski definition) is 4. The molecular weight excluding hydrogens is 314 g/mol. The predicted molar refractivity (Wildman–Crippen MR) is 87.8 cm³/mol. The van der Waals surface area contributed by atoms with Gasteiger partial charge in [0.1, 0.15) is 0 Å². The quantitative estimate of drug-likeness (QED) is 0.783. The second kappa shape index (κ2) is 6.98. The molecule has 1 N–H and O–H groups in total. The molecule has 2 fully saturated rings. The number of hydrogen-bond donors (Lipinski definition) is 1. The molecule has 23 heavy (non-hydrogen) atoms. The van der Waals surface area contributed by atoms with E-state index < -0.39 is 10.0 Å². The highest BCUT2D eigenvalue weighted by Gasteiger charge is 2.22. The molecule has 0 spiro atoms. The summed E-state index contributed by atoms with van der Waals surface area (Å²) in [4.78, 5) is 16.6. The first kappa shape index (κ1) is 16.4. The maximum Gasteiger partial charge on any atom is 0.253 e.